The monoisotopic (exact) mass is 434 g/mol. The number of carbonyl (C=O) groups excluding carboxylic acids is 1. The van der Waals surface area contributed by atoms with Crippen molar-refractivity contribution in [2.24, 2.45) is 0 Å². The van der Waals surface area contributed by atoms with Gasteiger partial charge in [0.1, 0.15) is 12.4 Å². The zero-order chi connectivity index (χ0) is 21.7. The van der Waals surface area contributed by atoms with Crippen LogP contribution in [-0.2, 0) is 11.3 Å². The Morgan fingerprint density at radius 3 is 2.40 bits per heavy atom. The Hall–Kier alpha value is -3.72. The number of carbonyl (C=O) groups is 1. The molecule has 0 aromatic heterocycles. The number of nitrogens with one attached hydrogen (secondary N) is 1. The molecule has 1 N–H and O–H groups in total. The molecule has 0 heterocycles. The Morgan fingerprint density at radius 1 is 1.03 bits per heavy atom. The number of halogens is 3. The van der Waals surface area contributed by atoms with Gasteiger partial charge in [-0.1, -0.05) is 17.7 Å². The first-order valence-corrected chi connectivity index (χ1v) is 8.79. The van der Waals surface area contributed by atoms with E-state index in [2.05, 4.69) is 5.32 Å². The van der Waals surface area contributed by atoms with Crippen LogP contribution in [0, 0.1) is 21.7 Å². The maximum absolute atomic E-state index is 13.8. The zero-order valence-electron chi connectivity index (χ0n) is 15.1. The van der Waals surface area contributed by atoms with Crippen LogP contribution in [0.15, 0.2) is 60.7 Å². The van der Waals surface area contributed by atoms with Gasteiger partial charge < -0.3 is 9.47 Å². The third kappa shape index (κ3) is 5.42. The molecule has 0 aliphatic carbocycles. The highest BCUT2D eigenvalue weighted by molar-refractivity contribution is 6.30. The number of nitrogens with zero attached hydrogens (tertiary/aromatic N) is 1. The molecule has 0 saturated heterocycles. The quantitative estimate of drug-likeness (QED) is 0.375. The van der Waals surface area contributed by atoms with Crippen molar-refractivity contribution in [3.8, 4) is 11.5 Å². The molecule has 0 atom stereocenters. The predicted octanol–water partition coefficient (Wildman–Crippen LogP) is 6.07. The average Bonchev–Trinajstić information content (AvgIpc) is 2.70. The van der Waals surface area contributed by atoms with Crippen LogP contribution in [0.5, 0.6) is 11.5 Å². The fourth-order valence-electron chi connectivity index (χ4n) is 2.39. The van der Waals surface area contributed by atoms with E-state index in [0.717, 1.165) is 18.2 Å². The molecule has 1 amide bonds. The molecule has 0 saturated carbocycles. The summed E-state index contributed by atoms with van der Waals surface area (Å²) in [5.41, 5.74) is 0.290. The van der Waals surface area contributed by atoms with Crippen LogP contribution in [0.4, 0.5) is 25.0 Å². The number of nitro benzene ring substituents is 1. The topological polar surface area (TPSA) is 90.7 Å². The number of nitro groups is 1. The number of rotatable bonds is 6. The molecule has 154 valence electrons. The van der Waals surface area contributed by atoms with Crippen LogP contribution in [0.2, 0.25) is 5.02 Å². The molecule has 0 unspecified atom stereocenters. The van der Waals surface area contributed by atoms with Crippen molar-refractivity contribution in [2.45, 2.75) is 6.61 Å². The minimum atomic E-state index is -1.00. The predicted molar refractivity (Wildman–Crippen MR) is 105 cm³/mol. The van der Waals surface area contributed by atoms with Crippen LogP contribution in [0.1, 0.15) is 5.56 Å². The van der Waals surface area contributed by atoms with Gasteiger partial charge in [0, 0.05) is 22.8 Å². The van der Waals surface area contributed by atoms with E-state index < -0.39 is 28.3 Å². The third-order valence-corrected chi connectivity index (χ3v) is 4.05. The summed E-state index contributed by atoms with van der Waals surface area (Å²) in [5.74, 6) is -2.43. The lowest BCUT2D eigenvalue weighted by Gasteiger charge is -2.10. The van der Waals surface area contributed by atoms with Crippen molar-refractivity contribution in [1.29, 1.82) is 0 Å². The lowest BCUT2D eigenvalue weighted by molar-refractivity contribution is -0.385. The van der Waals surface area contributed by atoms with Gasteiger partial charge in [0.25, 0.3) is 0 Å². The highest BCUT2D eigenvalue weighted by atomic mass is 35.5. The first-order valence-electron chi connectivity index (χ1n) is 8.41. The number of benzene rings is 3. The Balaban J connectivity index is 1.69. The van der Waals surface area contributed by atoms with Gasteiger partial charge in [-0.15, -0.1) is 0 Å². The fourth-order valence-corrected chi connectivity index (χ4v) is 2.52. The van der Waals surface area contributed by atoms with E-state index in [0.29, 0.717) is 22.3 Å². The van der Waals surface area contributed by atoms with Crippen LogP contribution in [-0.4, -0.2) is 11.0 Å². The largest absolute Gasteiger partial charge is 0.447 e. The number of ether oxygens (including phenoxy) is 2. The summed E-state index contributed by atoms with van der Waals surface area (Å²) in [4.78, 5) is 22.5. The summed E-state index contributed by atoms with van der Waals surface area (Å²) in [6.07, 6.45) is -0.770. The maximum Gasteiger partial charge on any atom is 0.411 e. The Morgan fingerprint density at radius 2 is 1.73 bits per heavy atom. The first-order chi connectivity index (χ1) is 14.3. The van der Waals surface area contributed by atoms with Gasteiger partial charge in [0.15, 0.2) is 11.6 Å². The van der Waals surface area contributed by atoms with Gasteiger partial charge in [-0.05, 0) is 48.0 Å². The number of hydrogen-bond acceptors (Lipinski definition) is 5. The Bertz CT molecular complexity index is 1090. The van der Waals surface area contributed by atoms with Crippen LogP contribution in [0.3, 0.4) is 0 Å². The second-order valence-corrected chi connectivity index (χ2v) is 6.38. The molecule has 30 heavy (non-hydrogen) atoms. The molecular formula is C20H13ClF2N2O5. The zero-order valence-corrected chi connectivity index (χ0v) is 15.9. The van der Waals surface area contributed by atoms with Crippen LogP contribution in [0.25, 0.3) is 0 Å². The summed E-state index contributed by atoms with van der Waals surface area (Å²) in [7, 11) is 0. The van der Waals surface area contributed by atoms with Crippen LogP contribution >= 0.6 is 11.6 Å². The molecule has 0 radical (unpaired) electrons. The fraction of sp³-hybridized carbons (Fsp3) is 0.0500. The molecule has 10 heteroatoms. The molecule has 0 aliphatic heterocycles. The summed E-state index contributed by atoms with van der Waals surface area (Å²) in [6, 6.07) is 12.7. The van der Waals surface area contributed by atoms with E-state index in [4.69, 9.17) is 21.1 Å². The van der Waals surface area contributed by atoms with E-state index in [1.807, 2.05) is 0 Å². The van der Waals surface area contributed by atoms with Crippen molar-refractivity contribution in [3.05, 3.63) is 93.0 Å². The lowest BCUT2D eigenvalue weighted by atomic mass is 10.2. The highest BCUT2D eigenvalue weighted by Crippen LogP contribution is 2.33. The average molecular weight is 435 g/mol. The van der Waals surface area contributed by atoms with Crippen molar-refractivity contribution in [2.75, 3.05) is 5.32 Å². The number of hydrogen-bond donors (Lipinski definition) is 1. The Labute approximate surface area is 174 Å². The standard InChI is InChI=1S/C20H13ClF2N2O5/c21-13-2-5-15(6-3-13)24-20(26)29-11-12-1-7-19(17(9-12)25(27)28)30-18-8-4-14(22)10-16(18)23/h1-10H,11H2,(H,24,26). The normalized spacial score (nSPS) is 10.4. The molecule has 3 aromatic rings. The third-order valence-electron chi connectivity index (χ3n) is 3.79. The van der Waals surface area contributed by atoms with Crippen LogP contribution < -0.4 is 10.1 Å². The smallest absolute Gasteiger partial charge is 0.411 e. The van der Waals surface area contributed by atoms with Gasteiger partial charge in [-0.3, -0.25) is 15.4 Å². The van der Waals surface area contributed by atoms with Gasteiger partial charge in [0.05, 0.1) is 4.92 Å². The van der Waals surface area contributed by atoms with Gasteiger partial charge in [0.2, 0.25) is 5.75 Å². The molecule has 0 spiro atoms. The molecule has 3 aromatic carbocycles. The number of anilines is 1. The van der Waals surface area contributed by atoms with E-state index in [9.17, 15) is 23.7 Å². The van der Waals surface area contributed by atoms with Crippen molar-refractivity contribution < 1.29 is 28.0 Å². The van der Waals surface area contributed by atoms with Gasteiger partial charge >= 0.3 is 11.8 Å². The van der Waals surface area contributed by atoms with Gasteiger partial charge in [-0.25, -0.2) is 13.6 Å². The molecule has 0 fully saturated rings. The highest BCUT2D eigenvalue weighted by Gasteiger charge is 2.19. The first kappa shape index (κ1) is 21.0. The second-order valence-electron chi connectivity index (χ2n) is 5.94. The molecule has 7 nitrogen and oxygen atoms in total. The SMILES string of the molecule is O=C(Nc1ccc(Cl)cc1)OCc1ccc(Oc2ccc(F)cc2F)c([N+](=O)[O-])c1. The Kier molecular flexibility index (Phi) is 6.43. The maximum atomic E-state index is 13.8. The minimum Gasteiger partial charge on any atom is -0.447 e. The second kappa shape index (κ2) is 9.19. The van der Waals surface area contributed by atoms with Crippen molar-refractivity contribution in [1.82, 2.24) is 0 Å². The molecule has 3 rings (SSSR count). The molecule has 0 bridgehead atoms. The molecule has 0 aliphatic rings. The van der Waals surface area contributed by atoms with E-state index in [-0.39, 0.29) is 18.1 Å². The van der Waals surface area contributed by atoms with Crippen molar-refractivity contribution >= 4 is 29.1 Å². The molecular weight excluding hydrogens is 422 g/mol. The summed E-state index contributed by atoms with van der Waals surface area (Å²) >= 11 is 5.76. The summed E-state index contributed by atoms with van der Waals surface area (Å²) in [6.45, 7) is -0.258. The van der Waals surface area contributed by atoms with Gasteiger partial charge in [-0.2, -0.15) is 0 Å². The number of amides is 1. The van der Waals surface area contributed by atoms with E-state index in [1.54, 1.807) is 24.3 Å². The van der Waals surface area contributed by atoms with Crippen molar-refractivity contribution in [3.63, 3.8) is 0 Å². The van der Waals surface area contributed by atoms with E-state index >= 15 is 0 Å². The summed E-state index contributed by atoms with van der Waals surface area (Å²) < 4.78 is 37.0. The summed E-state index contributed by atoms with van der Waals surface area (Å²) in [5, 5.41) is 14.3. The van der Waals surface area contributed by atoms with E-state index in [1.165, 1.54) is 12.1 Å². The minimum absolute atomic E-state index is 0.250. The lowest BCUT2D eigenvalue weighted by Crippen LogP contribution is -2.13.